The van der Waals surface area contributed by atoms with Crippen LogP contribution in [0.15, 0.2) is 36.0 Å². The van der Waals surface area contributed by atoms with Crippen molar-refractivity contribution in [3.63, 3.8) is 0 Å². The lowest BCUT2D eigenvalue weighted by molar-refractivity contribution is 0.342. The van der Waals surface area contributed by atoms with Crippen LogP contribution < -0.4 is 0 Å². The summed E-state index contributed by atoms with van der Waals surface area (Å²) < 4.78 is 0. The highest BCUT2D eigenvalue weighted by molar-refractivity contribution is 5.32. The molecule has 0 bridgehead atoms. The van der Waals surface area contributed by atoms with Crippen LogP contribution in [0.3, 0.4) is 0 Å². The van der Waals surface area contributed by atoms with Crippen LogP contribution in [0.25, 0.3) is 0 Å². The van der Waals surface area contributed by atoms with Crippen LogP contribution in [0.2, 0.25) is 0 Å². The highest BCUT2D eigenvalue weighted by atomic mass is 16.2. The maximum atomic E-state index is 8.46. The number of aliphatic hydroxyl groups excluding tert-OH is 1. The summed E-state index contributed by atoms with van der Waals surface area (Å²) in [6.45, 7) is 0.130. The van der Waals surface area contributed by atoms with E-state index in [4.69, 9.17) is 5.11 Å². The van der Waals surface area contributed by atoms with Gasteiger partial charge in [-0.25, -0.2) is 0 Å². The van der Waals surface area contributed by atoms with Crippen LogP contribution >= 0.6 is 0 Å². The van der Waals surface area contributed by atoms with E-state index in [2.05, 4.69) is 18.2 Å². The largest absolute Gasteiger partial charge is 0.392 e. The number of hydrogen-bond acceptors (Lipinski definition) is 1. The summed E-state index contributed by atoms with van der Waals surface area (Å²) in [6, 6.07) is 0. The molecule has 1 heteroatoms. The van der Waals surface area contributed by atoms with Crippen LogP contribution in [-0.4, -0.2) is 11.7 Å². The maximum absolute atomic E-state index is 8.46. The summed E-state index contributed by atoms with van der Waals surface area (Å²) in [4.78, 5) is 0. The van der Waals surface area contributed by atoms with Gasteiger partial charge in [-0.2, -0.15) is 0 Å². The van der Waals surface area contributed by atoms with Crippen molar-refractivity contribution >= 4 is 0 Å². The fourth-order valence-corrected chi connectivity index (χ4v) is 0.946. The van der Waals surface area contributed by atoms with Crippen molar-refractivity contribution in [3.05, 3.63) is 36.0 Å². The smallest absolute Gasteiger partial charge is 0.0615 e. The molecule has 0 spiro atoms. The molecule has 0 radical (unpaired) electrons. The topological polar surface area (TPSA) is 20.2 Å². The van der Waals surface area contributed by atoms with Gasteiger partial charge in [-0.3, -0.25) is 0 Å². The Morgan fingerprint density at radius 2 is 2.40 bits per heavy atom. The van der Waals surface area contributed by atoms with E-state index in [1.165, 1.54) is 5.57 Å². The Morgan fingerprint density at radius 1 is 1.50 bits per heavy atom. The van der Waals surface area contributed by atoms with Gasteiger partial charge in [-0.15, -0.1) is 0 Å². The van der Waals surface area contributed by atoms with Gasteiger partial charge < -0.3 is 5.11 Å². The fourth-order valence-electron chi connectivity index (χ4n) is 0.946. The minimum Gasteiger partial charge on any atom is -0.392 e. The molecule has 10 heavy (non-hydrogen) atoms. The van der Waals surface area contributed by atoms with E-state index >= 15 is 0 Å². The molecule has 0 aromatic carbocycles. The van der Waals surface area contributed by atoms with E-state index in [0.29, 0.717) is 0 Å². The Balaban J connectivity index is 2.47. The lowest BCUT2D eigenvalue weighted by Gasteiger charge is -1.99. The van der Waals surface area contributed by atoms with E-state index in [0.717, 1.165) is 12.8 Å². The zero-order chi connectivity index (χ0) is 7.23. The third-order valence-electron chi connectivity index (χ3n) is 1.44. The van der Waals surface area contributed by atoms with Gasteiger partial charge in [0.25, 0.3) is 0 Å². The normalized spacial score (nSPS) is 17.9. The van der Waals surface area contributed by atoms with Gasteiger partial charge in [0.2, 0.25) is 0 Å². The summed E-state index contributed by atoms with van der Waals surface area (Å²) in [6.07, 6.45) is 12.4. The standard InChI is InChI=1S/C9H12O/c10-8-4-7-9-5-2-1-3-6-9/h2,4-7,10H,1,3,8H2/b7-4+. The highest BCUT2D eigenvalue weighted by Crippen LogP contribution is 2.09. The molecule has 0 aromatic rings. The molecule has 0 unspecified atom stereocenters. The summed E-state index contributed by atoms with van der Waals surface area (Å²) in [5, 5.41) is 8.46. The molecule has 0 aliphatic heterocycles. The van der Waals surface area contributed by atoms with E-state index < -0.39 is 0 Å². The predicted molar refractivity (Wildman–Crippen MR) is 42.7 cm³/mol. The molecule has 0 saturated heterocycles. The van der Waals surface area contributed by atoms with Gasteiger partial charge in [-0.1, -0.05) is 30.4 Å². The molecule has 0 fully saturated rings. The molecule has 1 nitrogen and oxygen atoms in total. The SMILES string of the molecule is OC/C=C/C1=CCCC=C1. The Labute approximate surface area is 61.4 Å². The zero-order valence-corrected chi connectivity index (χ0v) is 5.96. The van der Waals surface area contributed by atoms with Crippen LogP contribution in [0.1, 0.15) is 12.8 Å². The summed E-state index contributed by atoms with van der Waals surface area (Å²) >= 11 is 0. The van der Waals surface area contributed by atoms with Crippen LogP contribution in [0.5, 0.6) is 0 Å². The van der Waals surface area contributed by atoms with Gasteiger partial charge in [0.05, 0.1) is 6.61 Å². The van der Waals surface area contributed by atoms with Crippen molar-refractivity contribution < 1.29 is 5.11 Å². The molecule has 0 heterocycles. The molecule has 0 saturated carbocycles. The van der Waals surface area contributed by atoms with Gasteiger partial charge >= 0.3 is 0 Å². The van der Waals surface area contributed by atoms with E-state index in [-0.39, 0.29) is 6.61 Å². The van der Waals surface area contributed by atoms with E-state index in [1.54, 1.807) is 6.08 Å². The lowest BCUT2D eigenvalue weighted by Crippen LogP contribution is -1.80. The first-order valence-electron chi connectivity index (χ1n) is 3.57. The molecule has 54 valence electrons. The third-order valence-corrected chi connectivity index (χ3v) is 1.44. The molecular weight excluding hydrogens is 124 g/mol. The lowest BCUT2D eigenvalue weighted by atomic mass is 10.1. The molecule has 1 N–H and O–H groups in total. The Kier molecular flexibility index (Phi) is 2.97. The first-order valence-corrected chi connectivity index (χ1v) is 3.57. The Hall–Kier alpha value is -0.820. The molecule has 0 atom stereocenters. The van der Waals surface area contributed by atoms with Crippen LogP contribution in [0, 0.1) is 0 Å². The number of aliphatic hydroxyl groups is 1. The van der Waals surface area contributed by atoms with Crippen LogP contribution in [0.4, 0.5) is 0 Å². The number of rotatable bonds is 2. The summed E-state index contributed by atoms with van der Waals surface area (Å²) in [5.41, 5.74) is 1.21. The second-order valence-corrected chi connectivity index (χ2v) is 2.27. The van der Waals surface area contributed by atoms with Crippen LogP contribution in [-0.2, 0) is 0 Å². The average Bonchev–Trinajstić information content (AvgIpc) is 2.03. The second kappa shape index (κ2) is 4.07. The Morgan fingerprint density at radius 3 is 3.00 bits per heavy atom. The zero-order valence-electron chi connectivity index (χ0n) is 5.96. The van der Waals surface area contributed by atoms with E-state index in [1.807, 2.05) is 6.08 Å². The summed E-state index contributed by atoms with van der Waals surface area (Å²) in [7, 11) is 0. The maximum Gasteiger partial charge on any atom is 0.0615 e. The molecule has 0 aromatic heterocycles. The molecule has 1 aliphatic carbocycles. The third kappa shape index (κ3) is 2.19. The van der Waals surface area contributed by atoms with Crippen molar-refractivity contribution in [2.24, 2.45) is 0 Å². The van der Waals surface area contributed by atoms with Crippen molar-refractivity contribution in [2.45, 2.75) is 12.8 Å². The molecule has 1 aliphatic rings. The highest BCUT2D eigenvalue weighted by Gasteiger charge is 1.90. The van der Waals surface area contributed by atoms with Crippen molar-refractivity contribution in [2.75, 3.05) is 6.61 Å². The molecule has 1 rings (SSSR count). The van der Waals surface area contributed by atoms with Crippen molar-refractivity contribution in [3.8, 4) is 0 Å². The minimum atomic E-state index is 0.130. The fraction of sp³-hybridized carbons (Fsp3) is 0.333. The monoisotopic (exact) mass is 136 g/mol. The average molecular weight is 136 g/mol. The second-order valence-electron chi connectivity index (χ2n) is 2.27. The number of hydrogen-bond donors (Lipinski definition) is 1. The van der Waals surface area contributed by atoms with Gasteiger partial charge in [0, 0.05) is 0 Å². The minimum absolute atomic E-state index is 0.130. The van der Waals surface area contributed by atoms with Gasteiger partial charge in [-0.05, 0) is 18.4 Å². The van der Waals surface area contributed by atoms with Crippen molar-refractivity contribution in [1.82, 2.24) is 0 Å². The van der Waals surface area contributed by atoms with Crippen molar-refractivity contribution in [1.29, 1.82) is 0 Å². The molecule has 0 amide bonds. The first kappa shape index (κ1) is 7.29. The first-order chi connectivity index (χ1) is 4.93. The Bertz CT molecular complexity index is 175. The van der Waals surface area contributed by atoms with Gasteiger partial charge in [0.1, 0.15) is 0 Å². The predicted octanol–water partition coefficient (Wildman–Crippen LogP) is 1.81. The number of allylic oxidation sites excluding steroid dienone is 5. The van der Waals surface area contributed by atoms with Gasteiger partial charge in [0.15, 0.2) is 0 Å². The summed E-state index contributed by atoms with van der Waals surface area (Å²) in [5.74, 6) is 0. The van der Waals surface area contributed by atoms with E-state index in [9.17, 15) is 0 Å². The molecular formula is C9H12O. The quantitative estimate of drug-likeness (QED) is 0.613.